The van der Waals surface area contributed by atoms with E-state index in [2.05, 4.69) is 20.1 Å². The van der Waals surface area contributed by atoms with Gasteiger partial charge in [-0.25, -0.2) is 19.3 Å². The van der Waals surface area contributed by atoms with E-state index in [-0.39, 0.29) is 17.0 Å². The summed E-state index contributed by atoms with van der Waals surface area (Å²) in [5, 5.41) is 15.0. The number of halogens is 3. The molecule has 1 atom stereocenters. The van der Waals surface area contributed by atoms with Crippen LogP contribution in [0, 0.1) is 11.3 Å². The number of hydrogen-bond acceptors (Lipinski definition) is 6. The van der Waals surface area contributed by atoms with Gasteiger partial charge in [0, 0.05) is 6.20 Å². The highest BCUT2D eigenvalue weighted by atomic mass is 19.4. The predicted octanol–water partition coefficient (Wildman–Crippen LogP) is 1.55. The molecule has 1 amide bonds. The minimum absolute atomic E-state index is 0.0421. The van der Waals surface area contributed by atoms with E-state index in [0.29, 0.717) is 16.6 Å². The molecule has 0 aromatic carbocycles. The first-order valence-corrected chi connectivity index (χ1v) is 8.87. The Morgan fingerprint density at radius 3 is 2.87 bits per heavy atom. The molecule has 0 saturated heterocycles. The van der Waals surface area contributed by atoms with Gasteiger partial charge in [-0.15, -0.1) is 0 Å². The Morgan fingerprint density at radius 1 is 1.39 bits per heavy atom. The summed E-state index contributed by atoms with van der Waals surface area (Å²) < 4.78 is 39.7. The number of nitrogens with one attached hydrogen (secondary N) is 2. The highest BCUT2D eigenvalue weighted by molar-refractivity contribution is 5.83. The molecule has 0 aliphatic rings. The summed E-state index contributed by atoms with van der Waals surface area (Å²) in [6.45, 7) is -0.228. The topological polar surface area (TPSA) is 134 Å². The molecule has 0 aliphatic carbocycles. The lowest BCUT2D eigenvalue weighted by molar-refractivity contribution is -0.140. The Bertz CT molecular complexity index is 1410. The van der Waals surface area contributed by atoms with Crippen LogP contribution in [0.15, 0.2) is 35.5 Å². The van der Waals surface area contributed by atoms with Gasteiger partial charge < -0.3 is 10.3 Å². The van der Waals surface area contributed by atoms with E-state index in [9.17, 15) is 22.8 Å². The summed E-state index contributed by atoms with van der Waals surface area (Å²) in [5.41, 5.74) is 0.928. The third-order valence-corrected chi connectivity index (χ3v) is 4.58. The SMILES string of the molecule is C[C@@H](C(=O)NCC(F)(F)F)n1c(=O)[nH]c2cnc(-c3cnn4ccc(C#N)cc34)nc21. The van der Waals surface area contributed by atoms with Crippen molar-refractivity contribution in [2.45, 2.75) is 19.1 Å². The molecular weight excluding hydrogens is 417 g/mol. The van der Waals surface area contributed by atoms with Crippen LogP contribution >= 0.6 is 0 Å². The average Bonchev–Trinajstić information content (AvgIpc) is 3.29. The third kappa shape index (κ3) is 3.70. The number of hydrogen-bond donors (Lipinski definition) is 2. The minimum Gasteiger partial charge on any atom is -0.345 e. The number of aromatic amines is 1. The number of pyridine rings is 1. The second-order valence-corrected chi connectivity index (χ2v) is 6.66. The zero-order valence-corrected chi connectivity index (χ0v) is 15.8. The van der Waals surface area contributed by atoms with Crippen molar-refractivity contribution in [3.05, 3.63) is 46.8 Å². The van der Waals surface area contributed by atoms with E-state index in [1.54, 1.807) is 23.6 Å². The van der Waals surface area contributed by atoms with Gasteiger partial charge >= 0.3 is 11.9 Å². The smallest absolute Gasteiger partial charge is 0.345 e. The second-order valence-electron chi connectivity index (χ2n) is 6.66. The van der Waals surface area contributed by atoms with Crippen LogP contribution in [0.25, 0.3) is 28.1 Å². The third-order valence-electron chi connectivity index (χ3n) is 4.58. The van der Waals surface area contributed by atoms with E-state index in [4.69, 9.17) is 5.26 Å². The number of fused-ring (bicyclic) bond motifs is 2. The van der Waals surface area contributed by atoms with Crippen LogP contribution < -0.4 is 11.0 Å². The highest BCUT2D eigenvalue weighted by Crippen LogP contribution is 2.24. The highest BCUT2D eigenvalue weighted by Gasteiger charge is 2.30. The molecule has 0 radical (unpaired) electrons. The maximum Gasteiger partial charge on any atom is 0.405 e. The number of carbonyl (C=O) groups excluding carboxylic acids is 1. The van der Waals surface area contributed by atoms with Crippen LogP contribution in [0.3, 0.4) is 0 Å². The molecule has 0 fully saturated rings. The standard InChI is InChI=1S/C18H13F3N8O2/c1-9(16(30)24-8-18(19,20)21)29-15-12(26-17(29)31)7-23-14(27-15)11-6-25-28-3-2-10(5-22)4-13(11)28/h2-4,6-7,9H,8H2,1H3,(H,24,30)(H,26,31)/t9-/m0/s1. The number of amides is 1. The van der Waals surface area contributed by atoms with Crippen molar-refractivity contribution >= 4 is 22.6 Å². The first-order chi connectivity index (χ1) is 14.7. The van der Waals surface area contributed by atoms with E-state index in [1.807, 2.05) is 6.07 Å². The van der Waals surface area contributed by atoms with Crippen molar-refractivity contribution in [3.8, 4) is 17.5 Å². The molecule has 0 aliphatic heterocycles. The molecule has 0 bridgehead atoms. The second kappa shape index (κ2) is 7.24. The number of nitriles is 1. The molecule has 13 heteroatoms. The summed E-state index contributed by atoms with van der Waals surface area (Å²) in [6, 6.07) is 3.93. The fraction of sp³-hybridized carbons (Fsp3) is 0.222. The molecular formula is C18H13F3N8O2. The van der Waals surface area contributed by atoms with Crippen molar-refractivity contribution in [1.29, 1.82) is 5.26 Å². The van der Waals surface area contributed by atoms with Gasteiger partial charge in [-0.1, -0.05) is 0 Å². The predicted molar refractivity (Wildman–Crippen MR) is 101 cm³/mol. The van der Waals surface area contributed by atoms with E-state index in [1.165, 1.54) is 23.8 Å². The van der Waals surface area contributed by atoms with Gasteiger partial charge in [0.2, 0.25) is 5.91 Å². The van der Waals surface area contributed by atoms with Crippen LogP contribution in [-0.2, 0) is 4.79 Å². The van der Waals surface area contributed by atoms with Crippen LogP contribution in [0.2, 0.25) is 0 Å². The number of aromatic nitrogens is 6. The lowest BCUT2D eigenvalue weighted by Gasteiger charge is -2.14. The molecule has 0 spiro atoms. The normalized spacial score (nSPS) is 12.7. The van der Waals surface area contributed by atoms with Crippen LogP contribution in [0.5, 0.6) is 0 Å². The minimum atomic E-state index is -4.58. The fourth-order valence-corrected chi connectivity index (χ4v) is 3.08. The van der Waals surface area contributed by atoms with Gasteiger partial charge in [0.1, 0.15) is 18.1 Å². The Kier molecular flexibility index (Phi) is 4.69. The molecule has 4 aromatic heterocycles. The number of carbonyl (C=O) groups is 1. The summed E-state index contributed by atoms with van der Waals surface area (Å²) in [4.78, 5) is 35.6. The van der Waals surface area contributed by atoms with Crippen molar-refractivity contribution in [2.75, 3.05) is 6.54 Å². The maximum absolute atomic E-state index is 12.4. The summed E-state index contributed by atoms with van der Waals surface area (Å²) >= 11 is 0. The molecule has 0 saturated carbocycles. The number of alkyl halides is 3. The monoisotopic (exact) mass is 430 g/mol. The number of H-pyrrole nitrogens is 1. The lowest BCUT2D eigenvalue weighted by atomic mass is 10.2. The molecule has 4 aromatic rings. The summed E-state index contributed by atoms with van der Waals surface area (Å²) in [7, 11) is 0. The molecule has 31 heavy (non-hydrogen) atoms. The zero-order chi connectivity index (χ0) is 22.3. The van der Waals surface area contributed by atoms with Gasteiger partial charge in [-0.2, -0.15) is 23.5 Å². The van der Waals surface area contributed by atoms with E-state index < -0.39 is 30.4 Å². The number of rotatable bonds is 4. The van der Waals surface area contributed by atoms with Crippen molar-refractivity contribution < 1.29 is 18.0 Å². The van der Waals surface area contributed by atoms with Crippen LogP contribution in [-0.4, -0.2) is 47.8 Å². The van der Waals surface area contributed by atoms with Crippen molar-refractivity contribution in [1.82, 2.24) is 34.4 Å². The summed E-state index contributed by atoms with van der Waals surface area (Å²) in [5.74, 6) is -0.830. The Balaban J connectivity index is 1.78. The Hall–Kier alpha value is -4.21. The zero-order valence-electron chi connectivity index (χ0n) is 15.8. The molecule has 4 heterocycles. The van der Waals surface area contributed by atoms with Crippen LogP contribution in [0.4, 0.5) is 13.2 Å². The molecule has 10 nitrogen and oxygen atoms in total. The number of nitrogens with zero attached hydrogens (tertiary/aromatic N) is 6. The van der Waals surface area contributed by atoms with Gasteiger partial charge in [0.25, 0.3) is 0 Å². The van der Waals surface area contributed by atoms with E-state index in [0.717, 1.165) is 4.57 Å². The Labute approximate surface area is 171 Å². The molecule has 0 unspecified atom stereocenters. The van der Waals surface area contributed by atoms with Gasteiger partial charge in [0.15, 0.2) is 11.5 Å². The maximum atomic E-state index is 12.4. The fourth-order valence-electron chi connectivity index (χ4n) is 3.08. The summed E-state index contributed by atoms with van der Waals surface area (Å²) in [6.07, 6.45) is -0.184. The van der Waals surface area contributed by atoms with Gasteiger partial charge in [0.05, 0.1) is 35.1 Å². The number of imidazole rings is 1. The van der Waals surface area contributed by atoms with Crippen molar-refractivity contribution in [2.24, 2.45) is 0 Å². The molecule has 4 rings (SSSR count). The van der Waals surface area contributed by atoms with Gasteiger partial charge in [-0.05, 0) is 19.1 Å². The first-order valence-electron chi connectivity index (χ1n) is 8.87. The Morgan fingerprint density at radius 2 is 2.16 bits per heavy atom. The van der Waals surface area contributed by atoms with Crippen LogP contribution in [0.1, 0.15) is 18.5 Å². The molecule has 2 N–H and O–H groups in total. The largest absolute Gasteiger partial charge is 0.405 e. The van der Waals surface area contributed by atoms with Crippen molar-refractivity contribution in [3.63, 3.8) is 0 Å². The first kappa shape index (κ1) is 20.1. The quantitative estimate of drug-likeness (QED) is 0.505. The average molecular weight is 430 g/mol. The lowest BCUT2D eigenvalue weighted by Crippen LogP contribution is -2.39. The molecule has 158 valence electrons. The van der Waals surface area contributed by atoms with Gasteiger partial charge in [-0.3, -0.25) is 9.36 Å². The van der Waals surface area contributed by atoms with E-state index >= 15 is 0 Å².